The number of rotatable bonds is 2. The molecule has 6 nitrogen and oxygen atoms in total. The van der Waals surface area contributed by atoms with E-state index in [1.165, 1.54) is 0 Å². The van der Waals surface area contributed by atoms with Crippen molar-refractivity contribution < 1.29 is 13.2 Å². The van der Waals surface area contributed by atoms with Crippen LogP contribution in [0.3, 0.4) is 0 Å². The summed E-state index contributed by atoms with van der Waals surface area (Å²) in [6.45, 7) is 4.12. The van der Waals surface area contributed by atoms with E-state index in [-0.39, 0.29) is 30.0 Å². The summed E-state index contributed by atoms with van der Waals surface area (Å²) in [5.74, 6) is -0.0529. The van der Waals surface area contributed by atoms with Crippen molar-refractivity contribution in [2.24, 2.45) is 0 Å². The van der Waals surface area contributed by atoms with Crippen LogP contribution >= 0.6 is 0 Å². The van der Waals surface area contributed by atoms with E-state index in [1.54, 1.807) is 11.0 Å². The molecule has 1 aromatic carbocycles. The zero-order valence-electron chi connectivity index (χ0n) is 13.8. The average Bonchev–Trinajstić information content (AvgIpc) is 2.98. The van der Waals surface area contributed by atoms with Gasteiger partial charge in [-0.3, -0.25) is 9.89 Å². The third-order valence-electron chi connectivity index (χ3n) is 4.44. The molecule has 0 radical (unpaired) electrons. The topological polar surface area (TPSA) is 83.1 Å². The predicted octanol–water partition coefficient (Wildman–Crippen LogP) is 2.03. The van der Waals surface area contributed by atoms with Gasteiger partial charge >= 0.3 is 0 Å². The normalized spacial score (nSPS) is 20.6. The lowest BCUT2D eigenvalue weighted by atomic mass is 10.1. The number of hydrogen-bond donors (Lipinski definition) is 1. The Hall–Kier alpha value is -2.15. The molecule has 24 heavy (non-hydrogen) atoms. The van der Waals surface area contributed by atoms with Crippen LogP contribution in [0.2, 0.25) is 0 Å². The fourth-order valence-electron chi connectivity index (χ4n) is 2.83. The molecule has 0 spiro atoms. The van der Waals surface area contributed by atoms with Gasteiger partial charge in [-0.05, 0) is 26.3 Å². The monoisotopic (exact) mass is 347 g/mol. The molecule has 2 aromatic rings. The van der Waals surface area contributed by atoms with Crippen LogP contribution < -0.4 is 0 Å². The Bertz CT molecular complexity index is 840. The Labute approximate surface area is 141 Å². The van der Waals surface area contributed by atoms with E-state index in [1.807, 2.05) is 38.1 Å². The minimum atomic E-state index is -3.06. The highest BCUT2D eigenvalue weighted by Gasteiger charge is 2.29. The van der Waals surface area contributed by atoms with E-state index in [0.29, 0.717) is 17.8 Å². The van der Waals surface area contributed by atoms with Crippen molar-refractivity contribution in [3.8, 4) is 11.3 Å². The lowest BCUT2D eigenvalue weighted by Crippen LogP contribution is -2.39. The first kappa shape index (κ1) is 16.7. The van der Waals surface area contributed by atoms with Crippen LogP contribution in [0.4, 0.5) is 0 Å². The molecule has 3 rings (SSSR count). The predicted molar refractivity (Wildman–Crippen MR) is 92.5 cm³/mol. The molecule has 1 unspecified atom stereocenters. The molecule has 1 N–H and O–H groups in total. The largest absolute Gasteiger partial charge is 0.334 e. The maximum absolute atomic E-state index is 12.7. The minimum absolute atomic E-state index is 0.0159. The van der Waals surface area contributed by atoms with Gasteiger partial charge in [0.15, 0.2) is 9.84 Å². The van der Waals surface area contributed by atoms with Crippen molar-refractivity contribution >= 4 is 15.7 Å². The Kier molecular flexibility index (Phi) is 4.45. The number of nitrogens with one attached hydrogen (secondary N) is 1. The summed E-state index contributed by atoms with van der Waals surface area (Å²) in [5.41, 5.74) is 3.18. The Morgan fingerprint density at radius 2 is 1.96 bits per heavy atom. The number of carbonyl (C=O) groups excluding carboxylic acids is 1. The number of aromatic amines is 1. The number of aromatic nitrogens is 2. The van der Waals surface area contributed by atoms with Gasteiger partial charge in [0, 0.05) is 18.2 Å². The molecule has 1 amide bonds. The number of H-pyrrole nitrogens is 1. The van der Waals surface area contributed by atoms with Crippen LogP contribution in [-0.4, -0.2) is 53.5 Å². The van der Waals surface area contributed by atoms with Crippen molar-refractivity contribution in [2.45, 2.75) is 26.3 Å². The molecule has 1 fully saturated rings. The van der Waals surface area contributed by atoms with Crippen molar-refractivity contribution in [3.05, 3.63) is 41.6 Å². The maximum Gasteiger partial charge on any atom is 0.272 e. The molecule has 1 atom stereocenters. The Balaban J connectivity index is 1.81. The van der Waals surface area contributed by atoms with Crippen molar-refractivity contribution in [3.63, 3.8) is 0 Å². The van der Waals surface area contributed by atoms with Crippen LogP contribution in [0.25, 0.3) is 11.3 Å². The lowest BCUT2D eigenvalue weighted by molar-refractivity contribution is 0.0700. The molecule has 128 valence electrons. The summed E-state index contributed by atoms with van der Waals surface area (Å²) in [6, 6.07) is 9.52. The van der Waals surface area contributed by atoms with E-state index < -0.39 is 9.84 Å². The molecule has 7 heteroatoms. The van der Waals surface area contributed by atoms with Gasteiger partial charge in [-0.2, -0.15) is 5.10 Å². The molecular formula is C17H21N3O3S. The van der Waals surface area contributed by atoms with Gasteiger partial charge in [-0.15, -0.1) is 0 Å². The van der Waals surface area contributed by atoms with E-state index in [4.69, 9.17) is 0 Å². The van der Waals surface area contributed by atoms with Gasteiger partial charge in [0.1, 0.15) is 5.69 Å². The highest BCUT2D eigenvalue weighted by atomic mass is 32.2. The molecule has 1 aromatic heterocycles. The summed E-state index contributed by atoms with van der Waals surface area (Å²) < 4.78 is 23.6. The van der Waals surface area contributed by atoms with E-state index >= 15 is 0 Å². The molecular weight excluding hydrogens is 326 g/mol. The zero-order chi connectivity index (χ0) is 17.3. The number of nitrogens with zero attached hydrogens (tertiary/aromatic N) is 2. The second-order valence-electron chi connectivity index (χ2n) is 6.32. The fraction of sp³-hybridized carbons (Fsp3) is 0.412. The number of sulfone groups is 1. The third kappa shape index (κ3) is 3.51. The zero-order valence-corrected chi connectivity index (χ0v) is 14.6. The number of aryl methyl sites for hydroxylation is 1. The molecule has 0 saturated carbocycles. The SMILES string of the molecule is Cc1ccc(-c2cc(C(=O)N3CCS(=O)(=O)CCC3C)[nH]n2)cc1. The van der Waals surface area contributed by atoms with Gasteiger partial charge in [-0.25, -0.2) is 8.42 Å². The van der Waals surface area contributed by atoms with E-state index in [2.05, 4.69) is 10.2 Å². The second-order valence-corrected chi connectivity index (χ2v) is 8.62. The van der Waals surface area contributed by atoms with Gasteiger partial charge in [-0.1, -0.05) is 29.8 Å². The summed E-state index contributed by atoms with van der Waals surface area (Å²) in [5, 5.41) is 7.01. The number of carbonyl (C=O) groups is 1. The summed E-state index contributed by atoms with van der Waals surface area (Å²) >= 11 is 0. The molecule has 0 bridgehead atoms. The van der Waals surface area contributed by atoms with Gasteiger partial charge in [0.05, 0.1) is 17.2 Å². The first-order valence-electron chi connectivity index (χ1n) is 7.99. The number of amides is 1. The summed E-state index contributed by atoms with van der Waals surface area (Å²) in [6.07, 6.45) is 0.465. The molecule has 1 aliphatic heterocycles. The van der Waals surface area contributed by atoms with Crippen LogP contribution in [0, 0.1) is 6.92 Å². The minimum Gasteiger partial charge on any atom is -0.334 e. The Morgan fingerprint density at radius 1 is 1.25 bits per heavy atom. The van der Waals surface area contributed by atoms with Crippen LogP contribution in [0.1, 0.15) is 29.4 Å². The molecule has 1 aliphatic rings. The van der Waals surface area contributed by atoms with Crippen molar-refractivity contribution in [1.82, 2.24) is 15.1 Å². The number of benzene rings is 1. The second kappa shape index (κ2) is 6.39. The summed E-state index contributed by atoms with van der Waals surface area (Å²) in [7, 11) is -3.06. The summed E-state index contributed by atoms with van der Waals surface area (Å²) in [4.78, 5) is 14.4. The quantitative estimate of drug-likeness (QED) is 0.901. The molecule has 2 heterocycles. The van der Waals surface area contributed by atoms with Crippen LogP contribution in [0.5, 0.6) is 0 Å². The van der Waals surface area contributed by atoms with E-state index in [9.17, 15) is 13.2 Å². The Morgan fingerprint density at radius 3 is 2.67 bits per heavy atom. The average molecular weight is 347 g/mol. The van der Waals surface area contributed by atoms with Gasteiger partial charge in [0.2, 0.25) is 0 Å². The van der Waals surface area contributed by atoms with Crippen molar-refractivity contribution in [2.75, 3.05) is 18.1 Å². The molecule has 1 saturated heterocycles. The first-order valence-corrected chi connectivity index (χ1v) is 9.82. The van der Waals surface area contributed by atoms with Crippen LogP contribution in [-0.2, 0) is 9.84 Å². The highest BCUT2D eigenvalue weighted by molar-refractivity contribution is 7.91. The van der Waals surface area contributed by atoms with Gasteiger partial charge < -0.3 is 4.90 Å². The fourth-order valence-corrected chi connectivity index (χ4v) is 4.20. The maximum atomic E-state index is 12.7. The highest BCUT2D eigenvalue weighted by Crippen LogP contribution is 2.20. The van der Waals surface area contributed by atoms with Gasteiger partial charge in [0.25, 0.3) is 5.91 Å². The smallest absolute Gasteiger partial charge is 0.272 e. The van der Waals surface area contributed by atoms with Crippen LogP contribution in [0.15, 0.2) is 30.3 Å². The van der Waals surface area contributed by atoms with Crippen molar-refractivity contribution in [1.29, 1.82) is 0 Å². The standard InChI is InChI=1S/C17H21N3O3S/c1-12-3-5-14(6-4-12)15-11-16(19-18-15)17(21)20-8-10-24(22,23)9-7-13(20)2/h3-6,11,13H,7-10H2,1-2H3,(H,18,19). The van der Waals surface area contributed by atoms with E-state index in [0.717, 1.165) is 11.1 Å². The lowest BCUT2D eigenvalue weighted by Gasteiger charge is -2.25. The number of hydrogen-bond acceptors (Lipinski definition) is 4. The first-order chi connectivity index (χ1) is 11.4. The third-order valence-corrected chi connectivity index (χ3v) is 6.10. The molecule has 0 aliphatic carbocycles.